The van der Waals surface area contributed by atoms with Crippen molar-refractivity contribution in [3.8, 4) is 5.75 Å². The summed E-state index contributed by atoms with van der Waals surface area (Å²) in [7, 11) is -2.80. The van der Waals surface area contributed by atoms with Crippen molar-refractivity contribution in [2.24, 2.45) is 0 Å². The number of benzene rings is 4. The molecule has 10 heteroatoms. The monoisotopic (exact) mass is 701 g/mol. The number of hydrogen-bond donors (Lipinski definition) is 1. The molecule has 1 fully saturated rings. The van der Waals surface area contributed by atoms with E-state index in [2.05, 4.69) is 5.32 Å². The molecule has 1 aliphatic rings. The van der Waals surface area contributed by atoms with Crippen molar-refractivity contribution in [3.63, 3.8) is 0 Å². The summed E-state index contributed by atoms with van der Waals surface area (Å²) in [4.78, 5) is 30.6. The Morgan fingerprint density at radius 1 is 0.857 bits per heavy atom. The van der Waals surface area contributed by atoms with Gasteiger partial charge in [0.25, 0.3) is 10.0 Å². The molecule has 0 spiro atoms. The van der Waals surface area contributed by atoms with Crippen molar-refractivity contribution >= 4 is 39.1 Å². The van der Waals surface area contributed by atoms with Crippen LogP contribution in [0.15, 0.2) is 102 Å². The van der Waals surface area contributed by atoms with Crippen molar-refractivity contribution in [1.82, 2.24) is 10.2 Å². The summed E-state index contributed by atoms with van der Waals surface area (Å²) in [6.45, 7) is 3.22. The van der Waals surface area contributed by atoms with Crippen LogP contribution in [0.4, 0.5) is 5.69 Å². The van der Waals surface area contributed by atoms with Crippen LogP contribution in [0.25, 0.3) is 0 Å². The summed E-state index contributed by atoms with van der Waals surface area (Å²) in [5.41, 5.74) is 3.55. The first-order chi connectivity index (χ1) is 23.5. The average molecular weight is 702 g/mol. The predicted octanol–water partition coefficient (Wildman–Crippen LogP) is 7.25. The Bertz CT molecular complexity index is 1830. The van der Waals surface area contributed by atoms with Gasteiger partial charge in [-0.1, -0.05) is 97.1 Å². The Balaban J connectivity index is 1.60. The maximum absolute atomic E-state index is 14.8. The van der Waals surface area contributed by atoms with E-state index in [1.807, 2.05) is 62.4 Å². The van der Waals surface area contributed by atoms with Crippen LogP contribution in [-0.2, 0) is 32.6 Å². The molecular formula is C39H44ClN3O5S. The van der Waals surface area contributed by atoms with E-state index in [1.54, 1.807) is 36.4 Å². The van der Waals surface area contributed by atoms with Crippen molar-refractivity contribution in [1.29, 1.82) is 0 Å². The SMILES string of the molecule is COc1ccc(C)cc1N(CC(=O)N(Cc1ccc(Cl)cc1)C(Cc1ccccc1)C(=O)NC1CCCCC1)S(=O)(=O)c1ccc(C)cc1. The molecule has 0 bridgehead atoms. The third kappa shape index (κ3) is 9.22. The Morgan fingerprint density at radius 2 is 1.51 bits per heavy atom. The fraction of sp³-hybridized carbons (Fsp3) is 0.333. The molecular weight excluding hydrogens is 658 g/mol. The Hall–Kier alpha value is -4.34. The summed E-state index contributed by atoms with van der Waals surface area (Å²) in [6.07, 6.45) is 5.21. The predicted molar refractivity (Wildman–Crippen MR) is 194 cm³/mol. The normalized spacial score (nSPS) is 14.1. The molecule has 0 saturated heterocycles. The number of anilines is 1. The van der Waals surface area contributed by atoms with Crippen molar-refractivity contribution in [2.45, 2.75) is 75.9 Å². The fourth-order valence-electron chi connectivity index (χ4n) is 6.23. The smallest absolute Gasteiger partial charge is 0.264 e. The molecule has 1 atom stereocenters. The summed E-state index contributed by atoms with van der Waals surface area (Å²) in [5.74, 6) is -0.498. The Labute approximate surface area is 295 Å². The number of carbonyl (C=O) groups excluding carboxylic acids is 2. The standard InChI is InChI=1S/C39H44ClN3O5S/c1-28-14-21-34(22-15-28)49(46,47)43(35-24-29(2)16-23-37(35)48-3)27-38(44)42(26-31-17-19-32(40)20-18-31)36(25-30-10-6-4-7-11-30)39(45)41-33-12-8-5-9-13-33/h4,6-7,10-11,14-24,33,36H,5,8-9,12-13,25-27H2,1-3H3,(H,41,45). The topological polar surface area (TPSA) is 96.0 Å². The maximum atomic E-state index is 14.8. The number of ether oxygens (including phenoxy) is 1. The third-order valence-corrected chi connectivity index (χ3v) is 11.0. The molecule has 4 aromatic rings. The number of halogens is 1. The van der Waals surface area contributed by atoms with Gasteiger partial charge in [0, 0.05) is 24.0 Å². The molecule has 2 amide bonds. The molecule has 4 aromatic carbocycles. The van der Waals surface area contributed by atoms with Gasteiger partial charge in [-0.05, 0) is 79.8 Å². The highest BCUT2D eigenvalue weighted by molar-refractivity contribution is 7.92. The van der Waals surface area contributed by atoms with Gasteiger partial charge in [-0.2, -0.15) is 0 Å². The summed E-state index contributed by atoms with van der Waals surface area (Å²) >= 11 is 6.21. The fourth-order valence-corrected chi connectivity index (χ4v) is 7.77. The van der Waals surface area contributed by atoms with Gasteiger partial charge < -0.3 is 15.0 Å². The van der Waals surface area contributed by atoms with Crippen molar-refractivity contribution < 1.29 is 22.7 Å². The highest BCUT2D eigenvalue weighted by atomic mass is 35.5. The summed E-state index contributed by atoms with van der Waals surface area (Å²) in [6, 6.07) is 27.5. The van der Waals surface area contributed by atoms with Gasteiger partial charge in [0.05, 0.1) is 17.7 Å². The molecule has 1 N–H and O–H groups in total. The second-order valence-corrected chi connectivity index (χ2v) is 15.0. The lowest BCUT2D eigenvalue weighted by Gasteiger charge is -2.35. The van der Waals surface area contributed by atoms with E-state index in [-0.39, 0.29) is 35.5 Å². The highest BCUT2D eigenvalue weighted by Gasteiger charge is 2.36. The van der Waals surface area contributed by atoms with Crippen LogP contribution in [-0.4, -0.2) is 50.9 Å². The third-order valence-electron chi connectivity index (χ3n) is 8.98. The van der Waals surface area contributed by atoms with Crippen LogP contribution in [0, 0.1) is 13.8 Å². The molecule has 258 valence electrons. The van der Waals surface area contributed by atoms with Gasteiger partial charge in [-0.25, -0.2) is 8.42 Å². The molecule has 0 aliphatic heterocycles. The van der Waals surface area contributed by atoms with Gasteiger partial charge in [0.2, 0.25) is 11.8 Å². The van der Waals surface area contributed by atoms with E-state index in [9.17, 15) is 18.0 Å². The number of methoxy groups -OCH3 is 1. The number of aryl methyl sites for hydroxylation is 2. The van der Waals surface area contributed by atoms with E-state index >= 15 is 0 Å². The van der Waals surface area contributed by atoms with E-state index in [0.717, 1.165) is 58.7 Å². The molecule has 0 radical (unpaired) electrons. The number of nitrogens with one attached hydrogen (secondary N) is 1. The molecule has 1 aliphatic carbocycles. The van der Waals surface area contributed by atoms with Crippen molar-refractivity contribution in [3.05, 3.63) is 124 Å². The van der Waals surface area contributed by atoms with Gasteiger partial charge in [-0.15, -0.1) is 0 Å². The van der Waals surface area contributed by atoms with Crippen LogP contribution in [0.2, 0.25) is 5.02 Å². The Morgan fingerprint density at radius 3 is 2.16 bits per heavy atom. The van der Waals surface area contributed by atoms with Crippen molar-refractivity contribution in [2.75, 3.05) is 18.0 Å². The minimum absolute atomic E-state index is 0.0157. The van der Waals surface area contributed by atoms with E-state index in [4.69, 9.17) is 16.3 Å². The first-order valence-electron chi connectivity index (χ1n) is 16.7. The van der Waals surface area contributed by atoms with Crippen LogP contribution >= 0.6 is 11.6 Å². The molecule has 0 aromatic heterocycles. The Kier molecular flexibility index (Phi) is 12.0. The average Bonchev–Trinajstić information content (AvgIpc) is 3.10. The first-order valence-corrected chi connectivity index (χ1v) is 18.5. The maximum Gasteiger partial charge on any atom is 0.264 e. The zero-order valence-corrected chi connectivity index (χ0v) is 29.8. The van der Waals surface area contributed by atoms with Gasteiger partial charge in [0.15, 0.2) is 0 Å². The zero-order chi connectivity index (χ0) is 35.0. The second-order valence-electron chi connectivity index (χ2n) is 12.7. The zero-order valence-electron chi connectivity index (χ0n) is 28.3. The molecule has 0 heterocycles. The number of rotatable bonds is 13. The van der Waals surface area contributed by atoms with Gasteiger partial charge in [0.1, 0.15) is 18.3 Å². The molecule has 49 heavy (non-hydrogen) atoms. The lowest BCUT2D eigenvalue weighted by Crippen LogP contribution is -2.55. The van der Waals surface area contributed by atoms with Gasteiger partial charge >= 0.3 is 0 Å². The highest BCUT2D eigenvalue weighted by Crippen LogP contribution is 2.34. The van der Waals surface area contributed by atoms with Crippen LogP contribution in [0.5, 0.6) is 5.75 Å². The van der Waals surface area contributed by atoms with Crippen LogP contribution in [0.3, 0.4) is 0 Å². The van der Waals surface area contributed by atoms with Gasteiger partial charge in [-0.3, -0.25) is 13.9 Å². The van der Waals surface area contributed by atoms with Crippen LogP contribution < -0.4 is 14.4 Å². The van der Waals surface area contributed by atoms with E-state index < -0.39 is 28.5 Å². The van der Waals surface area contributed by atoms with E-state index in [1.165, 1.54) is 24.1 Å². The number of sulfonamides is 1. The largest absolute Gasteiger partial charge is 0.495 e. The molecule has 8 nitrogen and oxygen atoms in total. The molecule has 5 rings (SSSR count). The second kappa shape index (κ2) is 16.4. The number of hydrogen-bond acceptors (Lipinski definition) is 5. The van der Waals surface area contributed by atoms with E-state index in [0.29, 0.717) is 10.8 Å². The first kappa shape index (κ1) is 36.0. The minimum Gasteiger partial charge on any atom is -0.495 e. The number of carbonyl (C=O) groups is 2. The van der Waals surface area contributed by atoms with Crippen LogP contribution in [0.1, 0.15) is 54.4 Å². The minimum atomic E-state index is -4.27. The quantitative estimate of drug-likeness (QED) is 0.159. The summed E-state index contributed by atoms with van der Waals surface area (Å²) in [5, 5.41) is 3.78. The molecule has 1 unspecified atom stereocenters. The lowest BCUT2D eigenvalue weighted by atomic mass is 9.94. The summed E-state index contributed by atoms with van der Waals surface area (Å²) < 4.78 is 35.6. The number of amides is 2. The molecule has 1 saturated carbocycles. The lowest BCUT2D eigenvalue weighted by molar-refractivity contribution is -0.140. The number of nitrogens with zero attached hydrogens (tertiary/aromatic N) is 2.